The Labute approximate surface area is 224 Å². The van der Waals surface area contributed by atoms with Crippen LogP contribution in [0.5, 0.6) is 0 Å². The summed E-state index contributed by atoms with van der Waals surface area (Å²) < 4.78 is 30.0. The molecule has 1 aromatic carbocycles. The van der Waals surface area contributed by atoms with E-state index in [0.717, 1.165) is 27.9 Å². The van der Waals surface area contributed by atoms with Gasteiger partial charge in [-0.1, -0.05) is 26.8 Å². The van der Waals surface area contributed by atoms with Gasteiger partial charge in [-0.2, -0.15) is 0 Å². The number of hydrogen-bond acceptors (Lipinski definition) is 6. The number of anilines is 1. The second-order valence-corrected chi connectivity index (χ2v) is 12.8. The second kappa shape index (κ2) is 9.31. The van der Waals surface area contributed by atoms with E-state index in [1.165, 1.54) is 0 Å². The Hall–Kier alpha value is -3.59. The van der Waals surface area contributed by atoms with E-state index in [-0.39, 0.29) is 27.4 Å². The number of carbonyl (C=O) groups excluding carboxylic acids is 1. The van der Waals surface area contributed by atoms with Crippen molar-refractivity contribution in [1.29, 1.82) is 0 Å². The van der Waals surface area contributed by atoms with Crippen LogP contribution in [0, 0.1) is 48.5 Å². The van der Waals surface area contributed by atoms with Crippen LogP contribution >= 0.6 is 0 Å². The minimum absolute atomic E-state index is 0.0121. The van der Waals surface area contributed by atoms with Gasteiger partial charge < -0.3 is 4.98 Å². The van der Waals surface area contributed by atoms with E-state index in [2.05, 4.69) is 19.7 Å². The van der Waals surface area contributed by atoms with Crippen LogP contribution in [0.1, 0.15) is 82.0 Å². The molecule has 2 N–H and O–H groups in total. The van der Waals surface area contributed by atoms with Gasteiger partial charge in [-0.05, 0) is 93.8 Å². The molecule has 0 radical (unpaired) electrons. The molecule has 3 aromatic heterocycles. The number of nitrogens with one attached hydrogen (secondary N) is 2. The number of hydrogen-bond donors (Lipinski definition) is 2. The molecule has 0 bridgehead atoms. The van der Waals surface area contributed by atoms with Gasteiger partial charge in [-0.15, -0.1) is 0 Å². The second-order valence-electron chi connectivity index (χ2n) is 11.1. The SMILES string of the molecule is Cc1nc(C(=O)c2nc(C)c(C(C)(C)C)c(C)c2NS(=O)(=O)c2ccc(C)c(C)c2)c2c(C)c(C)[nH]c2n1. The van der Waals surface area contributed by atoms with E-state index in [4.69, 9.17) is 4.98 Å². The first-order valence-electron chi connectivity index (χ1n) is 12.5. The molecule has 3 heterocycles. The Morgan fingerprint density at radius 1 is 0.868 bits per heavy atom. The topological polar surface area (TPSA) is 118 Å². The molecule has 0 amide bonds. The van der Waals surface area contributed by atoms with Crippen molar-refractivity contribution in [3.8, 4) is 0 Å². The summed E-state index contributed by atoms with van der Waals surface area (Å²) in [5.74, 6) is -0.0360. The summed E-state index contributed by atoms with van der Waals surface area (Å²) in [6, 6.07) is 4.97. The van der Waals surface area contributed by atoms with E-state index in [9.17, 15) is 13.2 Å². The van der Waals surface area contributed by atoms with Crippen LogP contribution < -0.4 is 4.72 Å². The maximum absolute atomic E-state index is 14.2. The lowest BCUT2D eigenvalue weighted by Gasteiger charge is -2.27. The molecule has 0 aliphatic heterocycles. The minimum atomic E-state index is -4.02. The number of aromatic amines is 1. The van der Waals surface area contributed by atoms with Gasteiger partial charge in [0.1, 0.15) is 22.9 Å². The molecule has 0 saturated carbocycles. The van der Waals surface area contributed by atoms with Crippen LogP contribution in [-0.4, -0.2) is 34.1 Å². The number of ketones is 1. The third kappa shape index (κ3) is 4.71. The van der Waals surface area contributed by atoms with E-state index >= 15 is 0 Å². The molecule has 0 unspecified atom stereocenters. The van der Waals surface area contributed by atoms with E-state index in [1.54, 1.807) is 25.1 Å². The van der Waals surface area contributed by atoms with Crippen molar-refractivity contribution in [2.45, 2.75) is 79.5 Å². The molecule has 8 nitrogen and oxygen atoms in total. The summed E-state index contributed by atoms with van der Waals surface area (Å²) in [7, 11) is -4.02. The minimum Gasteiger partial charge on any atom is -0.343 e. The lowest BCUT2D eigenvalue weighted by Crippen LogP contribution is -2.24. The highest BCUT2D eigenvalue weighted by Crippen LogP contribution is 2.36. The number of nitrogens with zero attached hydrogens (tertiary/aromatic N) is 3. The highest BCUT2D eigenvalue weighted by Gasteiger charge is 2.31. The fraction of sp³-hybridized carbons (Fsp3) is 0.379. The summed E-state index contributed by atoms with van der Waals surface area (Å²) in [6.45, 7) is 19.1. The highest BCUT2D eigenvalue weighted by molar-refractivity contribution is 7.92. The van der Waals surface area contributed by atoms with E-state index in [0.29, 0.717) is 28.1 Å². The monoisotopic (exact) mass is 533 g/mol. The zero-order chi connectivity index (χ0) is 28.3. The summed E-state index contributed by atoms with van der Waals surface area (Å²) in [6.07, 6.45) is 0. The van der Waals surface area contributed by atoms with Crippen LogP contribution in [0.3, 0.4) is 0 Å². The first-order chi connectivity index (χ1) is 17.5. The highest BCUT2D eigenvalue weighted by atomic mass is 32.2. The van der Waals surface area contributed by atoms with Crippen LogP contribution in [0.2, 0.25) is 0 Å². The van der Waals surface area contributed by atoms with Crippen molar-refractivity contribution in [1.82, 2.24) is 19.9 Å². The fourth-order valence-corrected chi connectivity index (χ4v) is 6.29. The number of pyridine rings is 1. The Morgan fingerprint density at radius 2 is 1.53 bits per heavy atom. The summed E-state index contributed by atoms with van der Waals surface area (Å²) >= 11 is 0. The number of sulfonamides is 1. The number of aryl methyl sites for hydroxylation is 6. The van der Waals surface area contributed by atoms with Crippen molar-refractivity contribution in [2.24, 2.45) is 0 Å². The molecular formula is C29H35N5O3S. The largest absolute Gasteiger partial charge is 0.343 e. The summed E-state index contributed by atoms with van der Waals surface area (Å²) in [5, 5.41) is 0.609. The predicted octanol–water partition coefficient (Wildman–Crippen LogP) is 5.84. The van der Waals surface area contributed by atoms with Gasteiger partial charge in [0, 0.05) is 11.4 Å². The van der Waals surface area contributed by atoms with Gasteiger partial charge in [0.25, 0.3) is 10.0 Å². The number of benzene rings is 1. The van der Waals surface area contributed by atoms with Crippen LogP contribution in [0.15, 0.2) is 23.1 Å². The first-order valence-corrected chi connectivity index (χ1v) is 14.0. The van der Waals surface area contributed by atoms with Gasteiger partial charge in [0.05, 0.1) is 16.0 Å². The van der Waals surface area contributed by atoms with Crippen LogP contribution in [-0.2, 0) is 15.4 Å². The number of rotatable bonds is 5. The third-order valence-electron chi connectivity index (χ3n) is 7.10. The summed E-state index contributed by atoms with van der Waals surface area (Å²) in [5.41, 5.74) is 6.38. The van der Waals surface area contributed by atoms with Crippen molar-refractivity contribution >= 4 is 32.5 Å². The Morgan fingerprint density at radius 3 is 2.13 bits per heavy atom. The number of fused-ring (bicyclic) bond motifs is 1. The molecule has 4 aromatic rings. The predicted molar refractivity (Wildman–Crippen MR) is 151 cm³/mol. The molecule has 4 rings (SSSR count). The lowest BCUT2D eigenvalue weighted by molar-refractivity contribution is 0.103. The zero-order valence-electron chi connectivity index (χ0n) is 23.7. The maximum Gasteiger partial charge on any atom is 0.261 e. The number of carbonyl (C=O) groups is 1. The Kier molecular flexibility index (Phi) is 6.72. The average molecular weight is 534 g/mol. The van der Waals surface area contributed by atoms with Gasteiger partial charge in [-0.25, -0.2) is 23.4 Å². The molecule has 0 atom stereocenters. The molecule has 200 valence electrons. The molecule has 0 fully saturated rings. The first kappa shape index (κ1) is 27.4. The molecular weight excluding hydrogens is 498 g/mol. The Balaban J connectivity index is 2.00. The fourth-order valence-electron chi connectivity index (χ4n) is 5.08. The quantitative estimate of drug-likeness (QED) is 0.311. The van der Waals surface area contributed by atoms with Crippen LogP contribution in [0.4, 0.5) is 5.69 Å². The zero-order valence-corrected chi connectivity index (χ0v) is 24.5. The van der Waals surface area contributed by atoms with Crippen molar-refractivity contribution < 1.29 is 13.2 Å². The van der Waals surface area contributed by atoms with Gasteiger partial charge in [-0.3, -0.25) is 9.52 Å². The lowest BCUT2D eigenvalue weighted by atomic mass is 9.82. The van der Waals surface area contributed by atoms with Crippen molar-refractivity contribution in [3.63, 3.8) is 0 Å². The number of aromatic nitrogens is 4. The van der Waals surface area contributed by atoms with Gasteiger partial charge in [0.2, 0.25) is 5.78 Å². The van der Waals surface area contributed by atoms with Crippen molar-refractivity contribution in [2.75, 3.05) is 4.72 Å². The normalized spacial score (nSPS) is 12.3. The third-order valence-corrected chi connectivity index (χ3v) is 8.44. The number of H-pyrrole nitrogens is 1. The van der Waals surface area contributed by atoms with E-state index < -0.39 is 15.8 Å². The summed E-state index contributed by atoms with van der Waals surface area (Å²) in [4.78, 5) is 31.2. The molecule has 0 spiro atoms. The van der Waals surface area contributed by atoms with Crippen molar-refractivity contribution in [3.05, 3.63) is 74.6 Å². The van der Waals surface area contributed by atoms with Crippen LogP contribution in [0.25, 0.3) is 11.0 Å². The van der Waals surface area contributed by atoms with Gasteiger partial charge >= 0.3 is 0 Å². The standard InChI is InChI=1S/C29H35N5O3S/c1-14-11-12-21(13-15(14)2)38(36,37)34-24-17(4)23(29(8,9)10)19(6)30-26(24)27(35)25-22-16(3)18(5)31-28(22)33-20(7)32-25/h11-13,34H,1-10H3,(H,31,32,33). The molecule has 38 heavy (non-hydrogen) atoms. The maximum atomic E-state index is 14.2. The van der Waals surface area contributed by atoms with Gasteiger partial charge in [0.15, 0.2) is 0 Å². The molecule has 0 saturated heterocycles. The molecule has 0 aliphatic carbocycles. The molecule has 0 aliphatic rings. The smallest absolute Gasteiger partial charge is 0.261 e. The van der Waals surface area contributed by atoms with E-state index in [1.807, 2.05) is 62.3 Å². The molecule has 9 heteroatoms. The Bertz CT molecular complexity index is 1730. The average Bonchev–Trinajstić information content (AvgIpc) is 3.08.